The van der Waals surface area contributed by atoms with Gasteiger partial charge in [0.05, 0.1) is 11.8 Å². The SMILES string of the molecule is C=C1C(C)=COc2cc(C(F)(F)F)ccc21. The maximum Gasteiger partial charge on any atom is 0.416 e. The molecule has 16 heavy (non-hydrogen) atoms. The molecule has 0 unspecified atom stereocenters. The Bertz CT molecular complexity index is 484. The van der Waals surface area contributed by atoms with Gasteiger partial charge in [0.2, 0.25) is 0 Å². The first-order valence-electron chi connectivity index (χ1n) is 4.64. The minimum absolute atomic E-state index is 0.199. The number of halogens is 3. The molecule has 1 aromatic carbocycles. The molecule has 0 spiro atoms. The molecule has 84 valence electrons. The van der Waals surface area contributed by atoms with E-state index in [0.717, 1.165) is 17.7 Å². The number of hydrogen-bond acceptors (Lipinski definition) is 1. The van der Waals surface area contributed by atoms with Crippen molar-refractivity contribution in [2.75, 3.05) is 0 Å². The van der Waals surface area contributed by atoms with E-state index in [1.807, 2.05) is 0 Å². The smallest absolute Gasteiger partial charge is 0.416 e. The van der Waals surface area contributed by atoms with Crippen molar-refractivity contribution in [3.05, 3.63) is 47.7 Å². The van der Waals surface area contributed by atoms with Crippen molar-refractivity contribution < 1.29 is 17.9 Å². The molecular formula is C12H9F3O. The molecule has 4 heteroatoms. The van der Waals surface area contributed by atoms with Crippen LogP contribution in [-0.2, 0) is 6.18 Å². The van der Waals surface area contributed by atoms with Crippen molar-refractivity contribution >= 4 is 5.57 Å². The fourth-order valence-corrected chi connectivity index (χ4v) is 1.48. The van der Waals surface area contributed by atoms with Crippen LogP contribution in [0.2, 0.25) is 0 Å². The van der Waals surface area contributed by atoms with Crippen LogP contribution in [0.25, 0.3) is 5.57 Å². The number of benzene rings is 1. The van der Waals surface area contributed by atoms with Gasteiger partial charge in [-0.1, -0.05) is 12.6 Å². The zero-order chi connectivity index (χ0) is 11.9. The summed E-state index contributed by atoms with van der Waals surface area (Å²) in [5.74, 6) is 0.199. The van der Waals surface area contributed by atoms with Gasteiger partial charge in [0.25, 0.3) is 0 Å². The minimum Gasteiger partial charge on any atom is -0.464 e. The Morgan fingerprint density at radius 2 is 1.94 bits per heavy atom. The van der Waals surface area contributed by atoms with Gasteiger partial charge >= 0.3 is 6.18 Å². The average molecular weight is 226 g/mol. The number of alkyl halides is 3. The second kappa shape index (κ2) is 3.40. The topological polar surface area (TPSA) is 9.23 Å². The van der Waals surface area contributed by atoms with Crippen molar-refractivity contribution in [1.82, 2.24) is 0 Å². The molecule has 0 bridgehead atoms. The lowest BCUT2D eigenvalue weighted by Gasteiger charge is -2.19. The summed E-state index contributed by atoms with van der Waals surface area (Å²) in [7, 11) is 0. The highest BCUT2D eigenvalue weighted by atomic mass is 19.4. The Morgan fingerprint density at radius 1 is 1.25 bits per heavy atom. The van der Waals surface area contributed by atoms with Crippen molar-refractivity contribution in [1.29, 1.82) is 0 Å². The molecule has 1 aromatic rings. The molecule has 0 amide bonds. The lowest BCUT2D eigenvalue weighted by Crippen LogP contribution is -2.07. The molecular weight excluding hydrogens is 217 g/mol. The third-order valence-corrected chi connectivity index (χ3v) is 2.47. The van der Waals surface area contributed by atoms with Crippen LogP contribution in [0.4, 0.5) is 13.2 Å². The first kappa shape index (κ1) is 10.8. The molecule has 0 fully saturated rings. The van der Waals surface area contributed by atoms with E-state index in [2.05, 4.69) is 6.58 Å². The van der Waals surface area contributed by atoms with E-state index in [1.165, 1.54) is 12.3 Å². The fraction of sp³-hybridized carbons (Fsp3) is 0.167. The lowest BCUT2D eigenvalue weighted by molar-refractivity contribution is -0.137. The van der Waals surface area contributed by atoms with Gasteiger partial charge in [-0.3, -0.25) is 0 Å². The molecule has 1 heterocycles. The standard InChI is InChI=1S/C12H9F3O/c1-7-6-16-11-5-9(12(13,14)15)3-4-10(11)8(7)2/h3-6H,2H2,1H3. The third-order valence-electron chi connectivity index (χ3n) is 2.47. The molecule has 1 aliphatic rings. The summed E-state index contributed by atoms with van der Waals surface area (Å²) in [5.41, 5.74) is 1.39. The van der Waals surface area contributed by atoms with Gasteiger partial charge < -0.3 is 4.74 Å². The normalized spacial score (nSPS) is 15.2. The van der Waals surface area contributed by atoms with E-state index >= 15 is 0 Å². The summed E-state index contributed by atoms with van der Waals surface area (Å²) in [6.07, 6.45) is -2.94. The Labute approximate surface area is 90.8 Å². The van der Waals surface area contributed by atoms with Gasteiger partial charge in [0.1, 0.15) is 5.75 Å². The van der Waals surface area contributed by atoms with E-state index in [0.29, 0.717) is 11.1 Å². The average Bonchev–Trinajstić information content (AvgIpc) is 2.22. The van der Waals surface area contributed by atoms with E-state index < -0.39 is 11.7 Å². The van der Waals surface area contributed by atoms with Crippen LogP contribution in [0.3, 0.4) is 0 Å². The van der Waals surface area contributed by atoms with Gasteiger partial charge in [0.15, 0.2) is 0 Å². The van der Waals surface area contributed by atoms with Crippen LogP contribution >= 0.6 is 0 Å². The molecule has 0 atom stereocenters. The highest BCUT2D eigenvalue weighted by molar-refractivity contribution is 5.81. The molecule has 1 aliphatic heterocycles. The molecule has 0 saturated carbocycles. The van der Waals surface area contributed by atoms with E-state index in [1.54, 1.807) is 6.92 Å². The summed E-state index contributed by atoms with van der Waals surface area (Å²) in [4.78, 5) is 0. The van der Waals surface area contributed by atoms with Crippen LogP contribution in [0.5, 0.6) is 5.75 Å². The van der Waals surface area contributed by atoms with E-state index in [9.17, 15) is 13.2 Å². The fourth-order valence-electron chi connectivity index (χ4n) is 1.48. The van der Waals surface area contributed by atoms with Crippen LogP contribution in [-0.4, -0.2) is 0 Å². The van der Waals surface area contributed by atoms with Crippen LogP contribution in [0.1, 0.15) is 18.1 Å². The first-order chi connectivity index (χ1) is 7.39. The minimum atomic E-state index is -4.35. The molecule has 0 saturated heterocycles. The summed E-state index contributed by atoms with van der Waals surface area (Å²) < 4.78 is 42.4. The predicted octanol–water partition coefficient (Wildman–Crippen LogP) is 4.01. The third kappa shape index (κ3) is 1.71. The van der Waals surface area contributed by atoms with Gasteiger partial charge in [0, 0.05) is 5.56 Å². The molecule has 0 aromatic heterocycles. The first-order valence-corrected chi connectivity index (χ1v) is 4.64. The summed E-state index contributed by atoms with van der Waals surface area (Å²) in [6.45, 7) is 5.59. The van der Waals surface area contributed by atoms with Gasteiger partial charge in [-0.25, -0.2) is 0 Å². The number of fused-ring (bicyclic) bond motifs is 1. The second-order valence-electron chi connectivity index (χ2n) is 3.61. The highest BCUT2D eigenvalue weighted by Crippen LogP contribution is 2.38. The Morgan fingerprint density at radius 3 is 2.56 bits per heavy atom. The molecule has 0 N–H and O–H groups in total. The summed E-state index contributed by atoms with van der Waals surface area (Å²) in [6, 6.07) is 3.41. The Hall–Kier alpha value is -1.71. The summed E-state index contributed by atoms with van der Waals surface area (Å²) in [5, 5.41) is 0. The number of rotatable bonds is 0. The monoisotopic (exact) mass is 226 g/mol. The van der Waals surface area contributed by atoms with Crippen molar-refractivity contribution in [2.45, 2.75) is 13.1 Å². The van der Waals surface area contributed by atoms with Gasteiger partial charge in [-0.05, 0) is 30.2 Å². The van der Waals surface area contributed by atoms with Crippen molar-refractivity contribution in [3.63, 3.8) is 0 Å². The van der Waals surface area contributed by atoms with E-state index in [4.69, 9.17) is 4.74 Å². The Kier molecular flexibility index (Phi) is 2.30. The van der Waals surface area contributed by atoms with Crippen LogP contribution in [0.15, 0.2) is 36.6 Å². The zero-order valence-electron chi connectivity index (χ0n) is 8.56. The number of allylic oxidation sites excluding steroid dienone is 2. The van der Waals surface area contributed by atoms with Gasteiger partial charge in [-0.15, -0.1) is 0 Å². The number of hydrogen-bond donors (Lipinski definition) is 0. The van der Waals surface area contributed by atoms with Crippen LogP contribution < -0.4 is 4.74 Å². The van der Waals surface area contributed by atoms with E-state index in [-0.39, 0.29) is 5.75 Å². The molecule has 0 aliphatic carbocycles. The maximum absolute atomic E-state index is 12.4. The second-order valence-corrected chi connectivity index (χ2v) is 3.61. The quantitative estimate of drug-likeness (QED) is 0.649. The van der Waals surface area contributed by atoms with Crippen LogP contribution in [0, 0.1) is 0 Å². The van der Waals surface area contributed by atoms with Gasteiger partial charge in [-0.2, -0.15) is 13.2 Å². The maximum atomic E-state index is 12.4. The lowest BCUT2D eigenvalue weighted by atomic mass is 9.97. The zero-order valence-corrected chi connectivity index (χ0v) is 8.56. The molecule has 0 radical (unpaired) electrons. The number of ether oxygens (including phenoxy) is 1. The summed E-state index contributed by atoms with van der Waals surface area (Å²) >= 11 is 0. The highest BCUT2D eigenvalue weighted by Gasteiger charge is 2.31. The Balaban J connectivity index is 2.49. The molecule has 1 nitrogen and oxygen atoms in total. The largest absolute Gasteiger partial charge is 0.464 e. The van der Waals surface area contributed by atoms with Crippen molar-refractivity contribution in [3.8, 4) is 5.75 Å². The predicted molar refractivity (Wildman–Crippen MR) is 54.9 cm³/mol. The molecule has 2 rings (SSSR count). The van der Waals surface area contributed by atoms with Crippen molar-refractivity contribution in [2.24, 2.45) is 0 Å².